The Morgan fingerprint density at radius 2 is 1.63 bits per heavy atom. The van der Waals surface area contributed by atoms with E-state index in [9.17, 15) is 14.0 Å². The quantitative estimate of drug-likeness (QED) is 0.218. The summed E-state index contributed by atoms with van der Waals surface area (Å²) in [7, 11) is -0.529. The van der Waals surface area contributed by atoms with Crippen molar-refractivity contribution < 1.29 is 23.1 Å². The molecule has 46 heavy (non-hydrogen) atoms. The monoisotopic (exact) mass is 647 g/mol. The molecule has 0 aliphatic carbocycles. The van der Waals surface area contributed by atoms with Gasteiger partial charge in [0.1, 0.15) is 11.4 Å². The number of rotatable bonds is 9. The molecule has 7 nitrogen and oxygen atoms in total. The van der Waals surface area contributed by atoms with Crippen LogP contribution in [-0.2, 0) is 22.1 Å². The summed E-state index contributed by atoms with van der Waals surface area (Å²) in [5.41, 5.74) is 2.60. The number of carbonyl (C=O) groups excluding carboxylic acids is 2. The molecule has 9 heteroatoms. The van der Waals surface area contributed by atoms with Crippen molar-refractivity contribution in [1.82, 2.24) is 14.8 Å². The molecule has 0 unspecified atom stereocenters. The summed E-state index contributed by atoms with van der Waals surface area (Å²) in [5, 5.41) is -0.00376. The van der Waals surface area contributed by atoms with Crippen LogP contribution in [0.5, 0.6) is 0 Å². The lowest BCUT2D eigenvalue weighted by Crippen LogP contribution is -2.50. The smallest absolute Gasteiger partial charge is 0.410 e. The average molecular weight is 648 g/mol. The first-order valence-corrected chi connectivity index (χ1v) is 19.0. The van der Waals surface area contributed by atoms with Crippen LogP contribution in [0.1, 0.15) is 87.5 Å². The van der Waals surface area contributed by atoms with Crippen LogP contribution in [0.4, 0.5) is 9.18 Å². The van der Waals surface area contributed by atoms with Crippen molar-refractivity contribution in [3.05, 3.63) is 101 Å². The standard InChI is InChI=1S/C37H50FN3O4Si/c1-36(2,3)44-35(43)41-31(19-20-32(41)33(28-13-11-10-12-14-28)45-46(8,9)37(4,5)6)22-26-15-17-29(18-16-26)34(42)40(7)25-27-21-30(38)24-39-23-27/h10-18,21,23-24,31-33H,19-20,22,25H2,1-9H3/t31-,32+,33+/m0/s1. The highest BCUT2D eigenvalue weighted by atomic mass is 28.4. The van der Waals surface area contributed by atoms with Gasteiger partial charge in [-0.3, -0.25) is 14.7 Å². The van der Waals surface area contributed by atoms with Gasteiger partial charge in [-0.2, -0.15) is 0 Å². The van der Waals surface area contributed by atoms with Crippen LogP contribution in [0, 0.1) is 5.82 Å². The van der Waals surface area contributed by atoms with Crippen LogP contribution >= 0.6 is 0 Å². The number of pyridine rings is 1. The fourth-order valence-corrected chi connectivity index (χ4v) is 6.96. The van der Waals surface area contributed by atoms with Crippen molar-refractivity contribution in [1.29, 1.82) is 0 Å². The number of hydrogen-bond donors (Lipinski definition) is 0. The van der Waals surface area contributed by atoms with Crippen LogP contribution in [0.3, 0.4) is 0 Å². The first-order chi connectivity index (χ1) is 21.4. The van der Waals surface area contributed by atoms with Crippen LogP contribution in [0.15, 0.2) is 73.1 Å². The number of aromatic nitrogens is 1. The lowest BCUT2D eigenvalue weighted by atomic mass is 10.0. The largest absolute Gasteiger partial charge is 0.444 e. The second kappa shape index (κ2) is 14.1. The predicted molar refractivity (Wildman–Crippen MR) is 182 cm³/mol. The first kappa shape index (κ1) is 35.3. The SMILES string of the molecule is CN(Cc1cncc(F)c1)C(=O)c1ccc(C[C@@H]2CC[C@H]([C@H](O[Si](C)(C)C(C)(C)C)c3ccccc3)N2C(=O)OC(C)(C)C)cc1. The summed E-state index contributed by atoms with van der Waals surface area (Å²) in [6, 6.07) is 18.9. The molecule has 1 aliphatic heterocycles. The molecule has 2 heterocycles. The molecule has 1 saturated heterocycles. The van der Waals surface area contributed by atoms with Gasteiger partial charge in [-0.25, -0.2) is 9.18 Å². The lowest BCUT2D eigenvalue weighted by Gasteiger charge is -2.43. The summed E-state index contributed by atoms with van der Waals surface area (Å²) in [5.74, 6) is -0.598. The second-order valence-electron chi connectivity index (χ2n) is 15.0. The Kier molecular flexibility index (Phi) is 10.8. The molecule has 1 aromatic heterocycles. The maximum Gasteiger partial charge on any atom is 0.410 e. The Labute approximate surface area is 275 Å². The number of hydrogen-bond acceptors (Lipinski definition) is 5. The molecule has 0 saturated carbocycles. The molecule has 2 amide bonds. The van der Waals surface area contributed by atoms with Crippen molar-refractivity contribution in [2.45, 2.75) is 109 Å². The van der Waals surface area contributed by atoms with Gasteiger partial charge in [0.05, 0.1) is 18.3 Å². The summed E-state index contributed by atoms with van der Waals surface area (Å²) in [6.07, 6.45) is 4.29. The van der Waals surface area contributed by atoms with Gasteiger partial charge in [-0.1, -0.05) is 63.2 Å². The van der Waals surface area contributed by atoms with Gasteiger partial charge in [-0.05, 0) is 93.1 Å². The molecule has 1 fully saturated rings. The van der Waals surface area contributed by atoms with Gasteiger partial charge < -0.3 is 14.1 Å². The van der Waals surface area contributed by atoms with Gasteiger partial charge in [0.2, 0.25) is 0 Å². The van der Waals surface area contributed by atoms with Crippen LogP contribution in [-0.4, -0.2) is 59.8 Å². The Morgan fingerprint density at radius 1 is 0.978 bits per heavy atom. The normalized spacial score (nSPS) is 17.9. The molecule has 2 aromatic carbocycles. The van der Waals surface area contributed by atoms with Crippen LogP contribution in [0.2, 0.25) is 18.1 Å². The topological polar surface area (TPSA) is 72.0 Å². The van der Waals surface area contributed by atoms with E-state index >= 15 is 0 Å². The number of nitrogens with zero attached hydrogens (tertiary/aromatic N) is 3. The van der Waals surface area contributed by atoms with E-state index in [-0.39, 0.29) is 41.8 Å². The zero-order valence-electron chi connectivity index (χ0n) is 28.8. The van der Waals surface area contributed by atoms with Crippen molar-refractivity contribution in [3.8, 4) is 0 Å². The molecule has 0 spiro atoms. The minimum absolute atomic E-state index is 0.00376. The molecule has 4 rings (SSSR count). The highest BCUT2D eigenvalue weighted by Gasteiger charge is 2.47. The summed E-state index contributed by atoms with van der Waals surface area (Å²) < 4.78 is 26.7. The average Bonchev–Trinajstić information content (AvgIpc) is 3.38. The number of amides is 2. The van der Waals surface area contributed by atoms with E-state index in [1.54, 1.807) is 18.1 Å². The second-order valence-corrected chi connectivity index (χ2v) is 19.7. The molecule has 0 bridgehead atoms. The minimum atomic E-state index is -2.22. The summed E-state index contributed by atoms with van der Waals surface area (Å²) >= 11 is 0. The third-order valence-corrected chi connectivity index (χ3v) is 13.5. The van der Waals surface area contributed by atoms with E-state index in [1.807, 2.05) is 68.1 Å². The fraction of sp³-hybridized carbons (Fsp3) is 0.486. The third kappa shape index (κ3) is 8.82. The third-order valence-electron chi connectivity index (χ3n) is 9.06. The van der Waals surface area contributed by atoms with Crippen LogP contribution < -0.4 is 0 Å². The van der Waals surface area contributed by atoms with E-state index in [0.717, 1.165) is 30.2 Å². The van der Waals surface area contributed by atoms with Gasteiger partial charge >= 0.3 is 6.09 Å². The first-order valence-electron chi connectivity index (χ1n) is 16.1. The number of carbonyl (C=O) groups is 2. The number of halogens is 1. The molecule has 3 aromatic rings. The minimum Gasteiger partial charge on any atom is -0.444 e. The van der Waals surface area contributed by atoms with Crippen molar-refractivity contribution >= 4 is 20.3 Å². The highest BCUT2D eigenvalue weighted by Crippen LogP contribution is 2.44. The zero-order valence-corrected chi connectivity index (χ0v) is 29.8. The molecule has 248 valence electrons. The molecule has 1 aliphatic rings. The molecule has 0 N–H and O–H groups in total. The maximum atomic E-state index is 13.9. The van der Waals surface area contributed by atoms with E-state index in [4.69, 9.17) is 9.16 Å². The van der Waals surface area contributed by atoms with E-state index in [1.165, 1.54) is 6.07 Å². The summed E-state index contributed by atoms with van der Waals surface area (Å²) in [4.78, 5) is 34.4. The Balaban J connectivity index is 1.58. The molecular formula is C37H50FN3O4Si. The van der Waals surface area contributed by atoms with Gasteiger partial charge in [0, 0.05) is 31.4 Å². The van der Waals surface area contributed by atoms with Gasteiger partial charge in [0.15, 0.2) is 8.32 Å². The fourth-order valence-electron chi connectivity index (χ4n) is 5.68. The predicted octanol–water partition coefficient (Wildman–Crippen LogP) is 8.57. The Hall–Kier alpha value is -3.56. The van der Waals surface area contributed by atoms with E-state index in [2.05, 4.69) is 51.0 Å². The molecule has 0 radical (unpaired) electrons. The van der Waals surface area contributed by atoms with E-state index in [0.29, 0.717) is 17.5 Å². The number of likely N-dealkylation sites (tertiary alicyclic amines) is 1. The van der Waals surface area contributed by atoms with Crippen molar-refractivity contribution in [2.24, 2.45) is 0 Å². The zero-order chi connectivity index (χ0) is 33.9. The Morgan fingerprint density at radius 3 is 2.22 bits per heavy atom. The Bertz CT molecular complexity index is 1480. The van der Waals surface area contributed by atoms with Gasteiger partial charge in [0.25, 0.3) is 5.91 Å². The van der Waals surface area contributed by atoms with Crippen LogP contribution in [0.25, 0.3) is 0 Å². The lowest BCUT2D eigenvalue weighted by molar-refractivity contribution is -0.00239. The number of benzene rings is 2. The van der Waals surface area contributed by atoms with Crippen molar-refractivity contribution in [2.75, 3.05) is 7.05 Å². The molecular weight excluding hydrogens is 598 g/mol. The summed E-state index contributed by atoms with van der Waals surface area (Å²) in [6.45, 7) is 17.1. The van der Waals surface area contributed by atoms with E-state index < -0.39 is 19.7 Å². The van der Waals surface area contributed by atoms with Crippen molar-refractivity contribution in [3.63, 3.8) is 0 Å². The maximum absolute atomic E-state index is 13.9. The van der Waals surface area contributed by atoms with Gasteiger partial charge in [-0.15, -0.1) is 0 Å². The number of ether oxygens (including phenoxy) is 1. The highest BCUT2D eigenvalue weighted by molar-refractivity contribution is 6.74. The molecule has 3 atom stereocenters.